The molecule has 2 amide bonds. The number of hydrogen-bond donors (Lipinski definition) is 3. The zero-order valence-corrected chi connectivity index (χ0v) is 24.7. The molecule has 5 heterocycles. The van der Waals surface area contributed by atoms with Gasteiger partial charge in [-0.05, 0) is 54.8 Å². The minimum absolute atomic E-state index is 0.253. The van der Waals surface area contributed by atoms with E-state index in [4.69, 9.17) is 23.9 Å². The quantitative estimate of drug-likeness (QED) is 0.398. The maximum Gasteiger partial charge on any atom is 0.258 e. The number of anilines is 2. The van der Waals surface area contributed by atoms with Gasteiger partial charge in [0.1, 0.15) is 11.9 Å². The Hall–Kier alpha value is -4.78. The van der Waals surface area contributed by atoms with Crippen molar-refractivity contribution in [2.75, 3.05) is 56.8 Å². The van der Waals surface area contributed by atoms with E-state index in [0.717, 1.165) is 24.5 Å². The number of fused-ring (bicyclic) bond motifs is 7. The first-order chi connectivity index (χ1) is 21.4. The van der Waals surface area contributed by atoms with Gasteiger partial charge in [0.25, 0.3) is 11.8 Å². The highest BCUT2D eigenvalue weighted by Gasteiger charge is 2.38. The van der Waals surface area contributed by atoms with E-state index in [1.54, 1.807) is 37.6 Å². The van der Waals surface area contributed by atoms with Crippen molar-refractivity contribution in [2.45, 2.75) is 37.6 Å². The van der Waals surface area contributed by atoms with Crippen molar-refractivity contribution in [2.24, 2.45) is 0 Å². The van der Waals surface area contributed by atoms with Gasteiger partial charge < -0.3 is 44.5 Å². The number of benzene rings is 2. The van der Waals surface area contributed by atoms with E-state index in [-0.39, 0.29) is 36.8 Å². The third kappa shape index (κ3) is 6.42. The number of nitrogens with one attached hydrogen (secondary N) is 2. The Morgan fingerprint density at radius 1 is 0.955 bits per heavy atom. The summed E-state index contributed by atoms with van der Waals surface area (Å²) < 4.78 is 23.3. The van der Waals surface area contributed by atoms with Gasteiger partial charge in [-0.1, -0.05) is 6.07 Å². The van der Waals surface area contributed by atoms with Crippen molar-refractivity contribution in [3.8, 4) is 23.0 Å². The van der Waals surface area contributed by atoms with Crippen LogP contribution in [0.4, 0.5) is 11.8 Å². The summed E-state index contributed by atoms with van der Waals surface area (Å²) in [6, 6.07) is 11.7. The fourth-order valence-corrected chi connectivity index (χ4v) is 5.62. The molecule has 7 rings (SSSR count). The summed E-state index contributed by atoms with van der Waals surface area (Å²) in [5.74, 6) is 2.35. The summed E-state index contributed by atoms with van der Waals surface area (Å²) in [5, 5.41) is 15.9. The first-order valence-electron chi connectivity index (χ1n) is 14.6. The Balaban J connectivity index is 1.31. The lowest BCUT2D eigenvalue weighted by Crippen LogP contribution is -2.45. The molecule has 4 aliphatic heterocycles. The standard InChI is InChI=1S/C31H36N6O7/c1-41-23-6-4-20-14-26(23)43-18-29(39)33-15-19-3-5-24(25(13-19)42-2)44-27-17-37(16-22(27)34-30(20)40)31-32-10-7-28(35-31)36-11-8-21(38)9-12-36/h3-7,10,13-14,21-22,27,38H,8-9,11-12,15-18H2,1-2H3,(H,33,39)(H,34,40)/t22-,27-/m0/s1. The molecule has 1 aromatic heterocycles. The number of piperidine rings is 1. The van der Waals surface area contributed by atoms with Gasteiger partial charge in [-0.15, -0.1) is 0 Å². The highest BCUT2D eigenvalue weighted by Crippen LogP contribution is 2.33. The fourth-order valence-electron chi connectivity index (χ4n) is 5.62. The highest BCUT2D eigenvalue weighted by atomic mass is 16.5. The van der Waals surface area contributed by atoms with E-state index in [2.05, 4.69) is 20.5 Å². The average molecular weight is 605 g/mol. The summed E-state index contributed by atoms with van der Waals surface area (Å²) in [7, 11) is 3.05. The van der Waals surface area contributed by atoms with Gasteiger partial charge >= 0.3 is 0 Å². The summed E-state index contributed by atoms with van der Waals surface area (Å²) in [6.45, 7) is 2.25. The molecule has 0 spiro atoms. The minimum atomic E-state index is -0.472. The van der Waals surface area contributed by atoms with Crippen LogP contribution in [0.1, 0.15) is 28.8 Å². The molecule has 0 aliphatic carbocycles. The van der Waals surface area contributed by atoms with Crippen LogP contribution < -0.4 is 39.4 Å². The lowest BCUT2D eigenvalue weighted by atomic mass is 10.1. The van der Waals surface area contributed by atoms with E-state index in [1.165, 1.54) is 7.11 Å². The molecule has 4 aliphatic rings. The molecule has 232 valence electrons. The van der Waals surface area contributed by atoms with Crippen LogP contribution in [0.2, 0.25) is 0 Å². The number of amides is 2. The molecule has 2 fully saturated rings. The highest BCUT2D eigenvalue weighted by molar-refractivity contribution is 5.95. The van der Waals surface area contributed by atoms with Gasteiger partial charge in [-0.3, -0.25) is 9.59 Å². The molecular weight excluding hydrogens is 568 g/mol. The van der Waals surface area contributed by atoms with Gasteiger partial charge in [-0.2, -0.15) is 4.98 Å². The topological polar surface area (TPSA) is 148 Å². The fraction of sp³-hybridized carbons (Fsp3) is 0.419. The van der Waals surface area contributed by atoms with Crippen LogP contribution in [0.25, 0.3) is 0 Å². The summed E-state index contributed by atoms with van der Waals surface area (Å²) in [4.78, 5) is 39.6. The molecule has 44 heavy (non-hydrogen) atoms. The van der Waals surface area contributed by atoms with Crippen molar-refractivity contribution >= 4 is 23.6 Å². The average Bonchev–Trinajstić information content (AvgIpc) is 3.44. The van der Waals surface area contributed by atoms with Crippen LogP contribution in [-0.2, 0) is 11.3 Å². The van der Waals surface area contributed by atoms with Gasteiger partial charge in [-0.25, -0.2) is 4.98 Å². The van der Waals surface area contributed by atoms with Crippen LogP contribution in [0.15, 0.2) is 48.7 Å². The summed E-state index contributed by atoms with van der Waals surface area (Å²) in [5.41, 5.74) is 1.16. The number of hydrogen-bond acceptors (Lipinski definition) is 11. The molecule has 13 heteroatoms. The predicted octanol–water partition coefficient (Wildman–Crippen LogP) is 1.53. The van der Waals surface area contributed by atoms with Crippen molar-refractivity contribution in [3.63, 3.8) is 0 Å². The van der Waals surface area contributed by atoms with E-state index in [1.807, 2.05) is 23.1 Å². The third-order valence-electron chi connectivity index (χ3n) is 8.06. The maximum atomic E-state index is 13.6. The minimum Gasteiger partial charge on any atom is -0.493 e. The van der Waals surface area contributed by atoms with Crippen LogP contribution >= 0.6 is 0 Å². The first-order valence-corrected chi connectivity index (χ1v) is 14.6. The number of carbonyl (C=O) groups is 2. The molecular formula is C31H36N6O7. The molecule has 2 saturated heterocycles. The largest absolute Gasteiger partial charge is 0.493 e. The summed E-state index contributed by atoms with van der Waals surface area (Å²) in [6.07, 6.45) is 2.36. The normalized spacial score (nSPS) is 21.0. The number of aliphatic hydroxyl groups is 1. The maximum absolute atomic E-state index is 13.6. The van der Waals surface area contributed by atoms with Crippen molar-refractivity contribution < 1.29 is 33.6 Å². The molecule has 2 aromatic carbocycles. The molecule has 0 unspecified atom stereocenters. The Morgan fingerprint density at radius 3 is 2.57 bits per heavy atom. The molecule has 13 nitrogen and oxygen atoms in total. The van der Waals surface area contributed by atoms with Crippen LogP contribution in [-0.4, -0.2) is 92.1 Å². The predicted molar refractivity (Wildman–Crippen MR) is 161 cm³/mol. The van der Waals surface area contributed by atoms with Crippen molar-refractivity contribution in [1.82, 2.24) is 20.6 Å². The number of rotatable bonds is 4. The first kappa shape index (κ1) is 29.3. The number of aromatic nitrogens is 2. The van der Waals surface area contributed by atoms with Crippen molar-refractivity contribution in [3.05, 3.63) is 59.8 Å². The van der Waals surface area contributed by atoms with E-state index in [0.29, 0.717) is 54.7 Å². The molecule has 0 saturated carbocycles. The SMILES string of the molecule is COc1ccc2cc1OCC(=O)NCc1ccc(c(OC)c1)O[C@H]1CN(c3nccc(N4CCC(O)CC4)n3)C[C@@H]1NC2=O. The summed E-state index contributed by atoms with van der Waals surface area (Å²) >= 11 is 0. The second-order valence-electron chi connectivity index (χ2n) is 11.0. The molecule has 0 radical (unpaired) electrons. The third-order valence-corrected chi connectivity index (χ3v) is 8.06. The van der Waals surface area contributed by atoms with Crippen LogP contribution in [0, 0.1) is 0 Å². The monoisotopic (exact) mass is 604 g/mol. The van der Waals surface area contributed by atoms with E-state index < -0.39 is 12.1 Å². The van der Waals surface area contributed by atoms with Gasteiger partial charge in [0, 0.05) is 37.9 Å². The number of ether oxygens (including phenoxy) is 4. The number of methoxy groups -OCH3 is 2. The van der Waals surface area contributed by atoms with Crippen molar-refractivity contribution in [1.29, 1.82) is 0 Å². The zero-order valence-electron chi connectivity index (χ0n) is 24.7. The smallest absolute Gasteiger partial charge is 0.258 e. The van der Waals surface area contributed by atoms with E-state index >= 15 is 0 Å². The molecule has 4 bridgehead atoms. The second-order valence-corrected chi connectivity index (χ2v) is 11.0. The number of nitrogens with zero attached hydrogens (tertiary/aromatic N) is 4. The van der Waals surface area contributed by atoms with E-state index in [9.17, 15) is 14.7 Å². The second kappa shape index (κ2) is 12.8. The van der Waals surface area contributed by atoms with Crippen LogP contribution in [0.5, 0.6) is 23.0 Å². The van der Waals surface area contributed by atoms with Gasteiger partial charge in [0.2, 0.25) is 5.95 Å². The number of carbonyl (C=O) groups excluding carboxylic acids is 2. The Kier molecular flexibility index (Phi) is 8.55. The van der Waals surface area contributed by atoms with Gasteiger partial charge in [0.05, 0.1) is 32.9 Å². The lowest BCUT2D eigenvalue weighted by molar-refractivity contribution is -0.123. The Bertz CT molecular complexity index is 1510. The Morgan fingerprint density at radius 2 is 1.77 bits per heavy atom. The molecule has 3 N–H and O–H groups in total. The number of aliphatic hydroxyl groups excluding tert-OH is 1. The molecule has 2 atom stereocenters. The Labute approximate surface area is 255 Å². The van der Waals surface area contributed by atoms with Crippen LogP contribution in [0.3, 0.4) is 0 Å². The van der Waals surface area contributed by atoms with Gasteiger partial charge in [0.15, 0.2) is 29.6 Å². The lowest BCUT2D eigenvalue weighted by Gasteiger charge is -2.31. The zero-order chi connectivity index (χ0) is 30.6. The molecule has 3 aromatic rings.